The number of furan rings is 1. The summed E-state index contributed by atoms with van der Waals surface area (Å²) in [5.74, 6) is -1.80. The lowest BCUT2D eigenvalue weighted by Crippen LogP contribution is -2.54. The van der Waals surface area contributed by atoms with Crippen LogP contribution < -0.4 is 10.2 Å². The summed E-state index contributed by atoms with van der Waals surface area (Å²) in [7, 11) is 0. The molecule has 160 valence electrons. The van der Waals surface area contributed by atoms with E-state index in [9.17, 15) is 14.4 Å². The van der Waals surface area contributed by atoms with Gasteiger partial charge >= 0.3 is 5.97 Å². The van der Waals surface area contributed by atoms with Gasteiger partial charge in [0.2, 0.25) is 0 Å². The molecule has 0 radical (unpaired) electrons. The van der Waals surface area contributed by atoms with Gasteiger partial charge in [0.25, 0.3) is 11.8 Å². The maximum atomic E-state index is 13.0. The van der Waals surface area contributed by atoms with E-state index in [0.717, 1.165) is 0 Å². The number of thiocarbonyl (C=S) groups is 1. The van der Waals surface area contributed by atoms with E-state index >= 15 is 0 Å². The highest BCUT2D eigenvalue weighted by molar-refractivity contribution is 7.80. The summed E-state index contributed by atoms with van der Waals surface area (Å²) in [6.07, 6.45) is 1.30. The zero-order valence-electron chi connectivity index (χ0n) is 16.0. The van der Waals surface area contributed by atoms with Crippen LogP contribution in [0.15, 0.2) is 64.6 Å². The van der Waals surface area contributed by atoms with E-state index in [1.54, 1.807) is 42.5 Å². The number of hydrogen-bond donors (Lipinski definition) is 2. The molecule has 2 amide bonds. The van der Waals surface area contributed by atoms with Crippen LogP contribution in [0.3, 0.4) is 0 Å². The third kappa shape index (κ3) is 4.16. The molecular weight excluding hydrogens is 475 g/mol. The van der Waals surface area contributed by atoms with Gasteiger partial charge in [0.05, 0.1) is 16.3 Å². The molecule has 2 N–H and O–H groups in total. The van der Waals surface area contributed by atoms with Crippen LogP contribution in [-0.2, 0) is 9.59 Å². The predicted octanol–water partition coefficient (Wildman–Crippen LogP) is 4.78. The van der Waals surface area contributed by atoms with Gasteiger partial charge in [-0.1, -0.05) is 29.3 Å². The first-order valence-electron chi connectivity index (χ1n) is 9.04. The van der Waals surface area contributed by atoms with Gasteiger partial charge in [-0.05, 0) is 66.8 Å². The van der Waals surface area contributed by atoms with Crippen molar-refractivity contribution >= 4 is 70.1 Å². The molecule has 2 aromatic carbocycles. The summed E-state index contributed by atoms with van der Waals surface area (Å²) in [6.45, 7) is 0. The van der Waals surface area contributed by atoms with Crippen LogP contribution in [0.25, 0.3) is 17.4 Å². The number of carbonyl (C=O) groups excluding carboxylic acids is 2. The third-order valence-corrected chi connectivity index (χ3v) is 5.43. The number of hydrogen-bond acceptors (Lipinski definition) is 5. The fourth-order valence-electron chi connectivity index (χ4n) is 3.05. The molecule has 0 aliphatic carbocycles. The number of rotatable bonds is 4. The number of benzene rings is 2. The number of amides is 2. The van der Waals surface area contributed by atoms with Crippen molar-refractivity contribution in [3.05, 3.63) is 81.5 Å². The Morgan fingerprint density at radius 3 is 2.44 bits per heavy atom. The highest BCUT2D eigenvalue weighted by atomic mass is 35.5. The number of carboxylic acids is 1. The van der Waals surface area contributed by atoms with Gasteiger partial charge in [0.1, 0.15) is 17.1 Å². The van der Waals surface area contributed by atoms with Crippen molar-refractivity contribution in [2.75, 3.05) is 4.90 Å². The van der Waals surface area contributed by atoms with Gasteiger partial charge in [-0.2, -0.15) is 0 Å². The van der Waals surface area contributed by atoms with Crippen LogP contribution in [0, 0.1) is 0 Å². The molecule has 10 heteroatoms. The molecule has 3 aromatic rings. The number of carbonyl (C=O) groups is 3. The van der Waals surface area contributed by atoms with E-state index in [1.807, 2.05) is 0 Å². The molecule has 1 saturated heterocycles. The highest BCUT2D eigenvalue weighted by Crippen LogP contribution is 2.29. The summed E-state index contributed by atoms with van der Waals surface area (Å²) >= 11 is 17.1. The Morgan fingerprint density at radius 2 is 1.78 bits per heavy atom. The number of carboxylic acid groups (broad SMARTS) is 1. The summed E-state index contributed by atoms with van der Waals surface area (Å²) in [5.41, 5.74) is 0.775. The average Bonchev–Trinajstić information content (AvgIpc) is 3.21. The Morgan fingerprint density at radius 1 is 1.06 bits per heavy atom. The highest BCUT2D eigenvalue weighted by Gasteiger charge is 2.34. The lowest BCUT2D eigenvalue weighted by Gasteiger charge is -2.28. The van der Waals surface area contributed by atoms with E-state index in [2.05, 4.69) is 5.32 Å². The fourth-order valence-corrected chi connectivity index (χ4v) is 3.72. The minimum atomic E-state index is -1.14. The third-order valence-electron chi connectivity index (χ3n) is 4.58. The smallest absolute Gasteiger partial charge is 0.337 e. The van der Waals surface area contributed by atoms with E-state index in [-0.39, 0.29) is 27.0 Å². The molecule has 0 spiro atoms. The summed E-state index contributed by atoms with van der Waals surface area (Å²) < 4.78 is 5.72. The lowest BCUT2D eigenvalue weighted by atomic mass is 10.1. The van der Waals surface area contributed by atoms with Gasteiger partial charge in [-0.3, -0.25) is 19.8 Å². The van der Waals surface area contributed by atoms with Gasteiger partial charge in [0, 0.05) is 10.6 Å². The van der Waals surface area contributed by atoms with Crippen molar-refractivity contribution in [2.24, 2.45) is 0 Å². The Hall–Kier alpha value is -3.46. The first-order valence-corrected chi connectivity index (χ1v) is 10.2. The Bertz CT molecular complexity index is 1310. The molecule has 0 unspecified atom stereocenters. The average molecular weight is 487 g/mol. The molecule has 0 saturated carbocycles. The standard InChI is InChI=1S/C22H12Cl2N2O5S/c23-12-2-4-13(5-3-12)26-20(28)16(19(27)25-22(26)32)10-14-6-8-18(31-14)11-1-7-15(21(29)30)17(24)9-11/h1-10H,(H,29,30)(H,25,27,32)/b16-10+. The maximum absolute atomic E-state index is 13.0. The molecule has 0 bridgehead atoms. The van der Waals surface area contributed by atoms with E-state index < -0.39 is 17.8 Å². The Balaban J connectivity index is 1.65. The lowest BCUT2D eigenvalue weighted by molar-refractivity contribution is -0.122. The largest absolute Gasteiger partial charge is 0.478 e. The summed E-state index contributed by atoms with van der Waals surface area (Å²) in [5, 5.41) is 12.1. The molecule has 2 heterocycles. The predicted molar refractivity (Wildman–Crippen MR) is 124 cm³/mol. The molecule has 4 rings (SSSR count). The maximum Gasteiger partial charge on any atom is 0.337 e. The minimum Gasteiger partial charge on any atom is -0.478 e. The van der Waals surface area contributed by atoms with Crippen LogP contribution in [-0.4, -0.2) is 28.0 Å². The minimum absolute atomic E-state index is 0.0351. The van der Waals surface area contributed by atoms with Crippen LogP contribution in [0.1, 0.15) is 16.1 Å². The van der Waals surface area contributed by atoms with E-state index in [1.165, 1.54) is 23.1 Å². The first-order chi connectivity index (χ1) is 15.2. The molecular formula is C22H12Cl2N2O5S. The number of anilines is 1. The summed E-state index contributed by atoms with van der Waals surface area (Å²) in [6, 6.07) is 14.0. The van der Waals surface area contributed by atoms with Crippen molar-refractivity contribution in [2.45, 2.75) is 0 Å². The number of halogens is 2. The monoisotopic (exact) mass is 486 g/mol. The molecule has 1 aromatic heterocycles. The van der Waals surface area contributed by atoms with Crippen molar-refractivity contribution in [1.29, 1.82) is 0 Å². The van der Waals surface area contributed by atoms with Crippen molar-refractivity contribution in [3.63, 3.8) is 0 Å². The second-order valence-corrected chi connectivity index (χ2v) is 7.87. The van der Waals surface area contributed by atoms with Gasteiger partial charge in [-0.25, -0.2) is 4.79 Å². The van der Waals surface area contributed by atoms with Gasteiger partial charge < -0.3 is 9.52 Å². The quantitative estimate of drug-likeness (QED) is 0.312. The second kappa shape index (κ2) is 8.58. The normalized spacial score (nSPS) is 15.2. The van der Waals surface area contributed by atoms with Gasteiger partial charge in [0.15, 0.2) is 5.11 Å². The Labute approximate surface area is 196 Å². The molecule has 7 nitrogen and oxygen atoms in total. The van der Waals surface area contributed by atoms with Gasteiger partial charge in [-0.15, -0.1) is 0 Å². The zero-order chi connectivity index (χ0) is 23.0. The van der Waals surface area contributed by atoms with Crippen molar-refractivity contribution < 1.29 is 23.9 Å². The fraction of sp³-hybridized carbons (Fsp3) is 0. The summed E-state index contributed by atoms with van der Waals surface area (Å²) in [4.78, 5) is 37.8. The SMILES string of the molecule is O=C1NC(=S)N(c2ccc(Cl)cc2)C(=O)/C1=C/c1ccc(-c2ccc(C(=O)O)c(Cl)c2)o1. The molecule has 0 atom stereocenters. The molecule has 1 aliphatic rings. The van der Waals surface area contributed by atoms with E-state index in [0.29, 0.717) is 22.0 Å². The first kappa shape index (κ1) is 21.8. The van der Waals surface area contributed by atoms with Crippen LogP contribution in [0.5, 0.6) is 0 Å². The topological polar surface area (TPSA) is 99.9 Å². The molecule has 32 heavy (non-hydrogen) atoms. The second-order valence-electron chi connectivity index (χ2n) is 6.64. The van der Waals surface area contributed by atoms with Crippen LogP contribution >= 0.6 is 35.4 Å². The van der Waals surface area contributed by atoms with Crippen molar-refractivity contribution in [3.8, 4) is 11.3 Å². The molecule has 1 aliphatic heterocycles. The van der Waals surface area contributed by atoms with Crippen LogP contribution in [0.4, 0.5) is 5.69 Å². The Kier molecular flexibility index (Phi) is 5.84. The number of nitrogens with zero attached hydrogens (tertiary/aromatic N) is 1. The number of nitrogens with one attached hydrogen (secondary N) is 1. The van der Waals surface area contributed by atoms with Crippen molar-refractivity contribution in [1.82, 2.24) is 5.32 Å². The molecule has 1 fully saturated rings. The zero-order valence-corrected chi connectivity index (χ0v) is 18.3. The van der Waals surface area contributed by atoms with E-state index in [4.69, 9.17) is 44.9 Å². The van der Waals surface area contributed by atoms with Crippen LogP contribution in [0.2, 0.25) is 10.0 Å². The number of aromatic carboxylic acids is 1.